The molecule has 0 bridgehead atoms. The molecule has 10 heteroatoms. The first-order chi connectivity index (χ1) is 20.4. The average molecular weight is 583 g/mol. The topological polar surface area (TPSA) is 165 Å². The van der Waals surface area contributed by atoms with Gasteiger partial charge in [0.1, 0.15) is 0 Å². The van der Waals surface area contributed by atoms with Crippen molar-refractivity contribution in [3.63, 3.8) is 0 Å². The fraction of sp³-hybridized carbons (Fsp3) is 0.242. The smallest absolute Gasteiger partial charge is 0.303 e. The fourth-order valence-electron chi connectivity index (χ4n) is 5.33. The Labute approximate surface area is 248 Å². The lowest BCUT2D eigenvalue weighted by Crippen LogP contribution is -2.16. The van der Waals surface area contributed by atoms with Crippen molar-refractivity contribution in [3.05, 3.63) is 91.6 Å². The number of carboxylic acid groups (broad SMARTS) is 2. The van der Waals surface area contributed by atoms with Crippen LogP contribution in [0.15, 0.2) is 52.2 Å². The van der Waals surface area contributed by atoms with E-state index in [9.17, 15) is 29.4 Å². The molecule has 0 saturated carbocycles. The number of aromatic nitrogens is 2. The molecule has 4 rings (SSSR count). The molecule has 4 heterocycles. The molecule has 0 aliphatic carbocycles. The number of carboxylic acids is 2. The maximum atomic E-state index is 12.4. The van der Waals surface area contributed by atoms with E-state index in [0.717, 1.165) is 39.2 Å². The van der Waals surface area contributed by atoms with E-state index in [2.05, 4.69) is 33.4 Å². The second kappa shape index (κ2) is 12.3. The summed E-state index contributed by atoms with van der Waals surface area (Å²) in [5, 5.41) is 22.7. The Balaban J connectivity index is 1.86. The highest BCUT2D eigenvalue weighted by molar-refractivity contribution is 6.31. The Hall–Kier alpha value is -5.25. The molecule has 0 unspecified atom stereocenters. The maximum absolute atomic E-state index is 12.4. The molecule has 0 saturated heterocycles. The third kappa shape index (κ3) is 6.18. The highest BCUT2D eigenvalue weighted by atomic mass is 16.4. The van der Waals surface area contributed by atoms with Gasteiger partial charge in [0, 0.05) is 57.2 Å². The van der Waals surface area contributed by atoms with Crippen LogP contribution < -0.4 is 16.0 Å². The lowest BCUT2D eigenvalue weighted by Gasteiger charge is -2.03. The monoisotopic (exact) mass is 582 g/mol. The van der Waals surface area contributed by atoms with Crippen LogP contribution in [-0.2, 0) is 25.6 Å². The Morgan fingerprint density at radius 2 is 1.49 bits per heavy atom. The number of amides is 2. The normalized spacial score (nSPS) is 16.9. The van der Waals surface area contributed by atoms with E-state index >= 15 is 0 Å². The molecule has 2 aliphatic heterocycles. The van der Waals surface area contributed by atoms with E-state index in [1.54, 1.807) is 32.1 Å². The molecule has 2 aliphatic rings. The van der Waals surface area contributed by atoms with Gasteiger partial charge in [-0.05, 0) is 81.0 Å². The predicted molar refractivity (Wildman–Crippen MR) is 165 cm³/mol. The molecule has 2 aromatic heterocycles. The van der Waals surface area contributed by atoms with Gasteiger partial charge in [-0.2, -0.15) is 0 Å². The van der Waals surface area contributed by atoms with E-state index in [1.165, 1.54) is 0 Å². The molecule has 0 spiro atoms. The third-order valence-electron chi connectivity index (χ3n) is 7.85. The number of nitrogens with one attached hydrogen (secondary N) is 3. The van der Waals surface area contributed by atoms with Crippen LogP contribution >= 0.6 is 0 Å². The van der Waals surface area contributed by atoms with Crippen molar-refractivity contribution in [2.75, 3.05) is 0 Å². The summed E-state index contributed by atoms with van der Waals surface area (Å²) in [5.41, 5.74) is 8.14. The van der Waals surface area contributed by atoms with Crippen LogP contribution in [0.4, 0.5) is 0 Å². The Bertz CT molecular complexity index is 1860. The second-order valence-corrected chi connectivity index (χ2v) is 10.5. The summed E-state index contributed by atoms with van der Waals surface area (Å²) in [6.07, 6.45) is 8.95. The number of H-pyrrole nitrogens is 2. The quantitative estimate of drug-likeness (QED) is 0.273. The van der Waals surface area contributed by atoms with E-state index in [1.807, 2.05) is 26.0 Å². The van der Waals surface area contributed by atoms with Gasteiger partial charge in [-0.15, -0.1) is 0 Å². The third-order valence-corrected chi connectivity index (χ3v) is 7.85. The number of aliphatic carboxylic acids is 2. The minimum absolute atomic E-state index is 0.105. The van der Waals surface area contributed by atoms with Crippen LogP contribution in [0.3, 0.4) is 0 Å². The summed E-state index contributed by atoms with van der Waals surface area (Å²) < 4.78 is 0. The molecule has 0 radical (unpaired) electrons. The Kier molecular flexibility index (Phi) is 8.80. The summed E-state index contributed by atoms with van der Waals surface area (Å²) in [4.78, 5) is 58.2. The van der Waals surface area contributed by atoms with Gasteiger partial charge in [0.05, 0.1) is 11.4 Å². The molecule has 0 fully saturated rings. The number of carbonyl (C=O) groups excluding carboxylic acids is 2. The van der Waals surface area contributed by atoms with Crippen LogP contribution in [0.5, 0.6) is 0 Å². The predicted octanol–water partition coefficient (Wildman–Crippen LogP) is 3.36. The van der Waals surface area contributed by atoms with Gasteiger partial charge in [0.15, 0.2) is 0 Å². The summed E-state index contributed by atoms with van der Waals surface area (Å²) in [6.45, 7) is 15.0. The molecule has 2 aromatic rings. The zero-order chi connectivity index (χ0) is 31.6. The number of hydrogen-bond donors (Lipinski definition) is 5. The number of allylic oxidation sites excluding steroid dienone is 2. The Morgan fingerprint density at radius 3 is 2.12 bits per heavy atom. The van der Waals surface area contributed by atoms with Gasteiger partial charge >= 0.3 is 11.9 Å². The van der Waals surface area contributed by atoms with Crippen molar-refractivity contribution < 1.29 is 29.4 Å². The summed E-state index contributed by atoms with van der Waals surface area (Å²) in [6, 6.07) is 0. The highest BCUT2D eigenvalue weighted by Crippen LogP contribution is 2.27. The molecule has 10 nitrogen and oxygen atoms in total. The standard InChI is InChI=1S/C33H34N4O6/c1-7-20-16(3)24(14-27-21(8-2)18(5)32(42)36-27)34-26(20)13-25-17(4)22(9-11-30(38)39)28(35-25)15-29-23(10-12-31(40)41)19(6)33(43)37-29/h7-8,13-15,34-35H,1-2,9-12H2,3-6H3,(H,36,42)(H,38,39)(H,40,41)/b25-13-,27-14-,28-15?. The first-order valence-corrected chi connectivity index (χ1v) is 13.8. The van der Waals surface area contributed by atoms with E-state index < -0.39 is 17.8 Å². The minimum atomic E-state index is -0.981. The van der Waals surface area contributed by atoms with Gasteiger partial charge < -0.3 is 25.5 Å². The highest BCUT2D eigenvalue weighted by Gasteiger charge is 2.24. The summed E-state index contributed by atoms with van der Waals surface area (Å²) in [5.74, 6) is -2.52. The second-order valence-electron chi connectivity index (χ2n) is 10.5. The fourth-order valence-corrected chi connectivity index (χ4v) is 5.33. The van der Waals surface area contributed by atoms with Gasteiger partial charge in [-0.25, -0.2) is 4.99 Å². The molecule has 5 N–H and O–H groups in total. The van der Waals surface area contributed by atoms with Gasteiger partial charge in [-0.1, -0.05) is 25.3 Å². The average Bonchev–Trinajstić information content (AvgIpc) is 3.59. The van der Waals surface area contributed by atoms with Crippen molar-refractivity contribution in [2.24, 2.45) is 4.99 Å². The van der Waals surface area contributed by atoms with Crippen molar-refractivity contribution in [2.45, 2.75) is 53.4 Å². The molecule has 2 amide bonds. The van der Waals surface area contributed by atoms with Crippen LogP contribution in [0, 0.1) is 13.8 Å². The largest absolute Gasteiger partial charge is 0.481 e. The summed E-state index contributed by atoms with van der Waals surface area (Å²) >= 11 is 0. The van der Waals surface area contributed by atoms with Crippen molar-refractivity contribution in [1.29, 1.82) is 0 Å². The lowest BCUT2D eigenvalue weighted by atomic mass is 10.00. The SMILES string of the molecule is C=CC1=C(C)C(=O)N/C1=C\c1[nH]c(/C=c2\[nH]c(=CC3=NC(=O)C(C)=C3CCC(=O)O)c(CCC(=O)O)c2C)c(C=C)c1C. The molecular formula is C33H34N4O6. The van der Waals surface area contributed by atoms with E-state index in [4.69, 9.17) is 0 Å². The van der Waals surface area contributed by atoms with Crippen molar-refractivity contribution >= 4 is 53.8 Å². The first-order valence-electron chi connectivity index (χ1n) is 13.8. The Morgan fingerprint density at radius 1 is 0.814 bits per heavy atom. The van der Waals surface area contributed by atoms with Gasteiger partial charge in [-0.3, -0.25) is 19.2 Å². The minimum Gasteiger partial charge on any atom is -0.481 e. The number of hydrogen-bond acceptors (Lipinski definition) is 4. The zero-order valence-corrected chi connectivity index (χ0v) is 24.6. The lowest BCUT2D eigenvalue weighted by molar-refractivity contribution is -0.137. The van der Waals surface area contributed by atoms with Gasteiger partial charge in [0.25, 0.3) is 11.8 Å². The molecule has 43 heavy (non-hydrogen) atoms. The van der Waals surface area contributed by atoms with Crippen LogP contribution in [-0.4, -0.2) is 49.6 Å². The first kappa shape index (κ1) is 30.7. The van der Waals surface area contributed by atoms with Crippen molar-refractivity contribution in [1.82, 2.24) is 15.3 Å². The zero-order valence-electron chi connectivity index (χ0n) is 24.6. The van der Waals surface area contributed by atoms with Gasteiger partial charge in [0.2, 0.25) is 0 Å². The van der Waals surface area contributed by atoms with Crippen LogP contribution in [0.2, 0.25) is 0 Å². The number of aliphatic imine (C=N–C) groups is 1. The molecule has 0 aromatic carbocycles. The molecular weight excluding hydrogens is 548 g/mol. The van der Waals surface area contributed by atoms with E-state index in [0.29, 0.717) is 38.8 Å². The number of nitrogens with zero attached hydrogens (tertiary/aromatic N) is 1. The number of aromatic amines is 2. The molecule has 222 valence electrons. The van der Waals surface area contributed by atoms with E-state index in [-0.39, 0.29) is 31.6 Å². The number of carbonyl (C=O) groups is 4. The van der Waals surface area contributed by atoms with Crippen molar-refractivity contribution in [3.8, 4) is 0 Å². The molecule has 0 atom stereocenters. The maximum Gasteiger partial charge on any atom is 0.303 e. The number of rotatable bonds is 11. The summed E-state index contributed by atoms with van der Waals surface area (Å²) in [7, 11) is 0. The van der Waals surface area contributed by atoms with Crippen LogP contribution in [0.1, 0.15) is 66.8 Å². The van der Waals surface area contributed by atoms with Crippen LogP contribution in [0.25, 0.3) is 24.3 Å².